The maximum Gasteiger partial charge on any atom is 0.417 e. The molecule has 1 fully saturated rings. The first kappa shape index (κ1) is 16.8. The van der Waals surface area contributed by atoms with Gasteiger partial charge >= 0.3 is 6.18 Å². The third-order valence-corrected chi connectivity index (χ3v) is 4.77. The monoisotopic (exact) mass is 340 g/mol. The number of aromatic nitrogens is 1. The Labute approximate surface area is 136 Å². The van der Waals surface area contributed by atoms with E-state index in [-0.39, 0.29) is 29.5 Å². The largest absolute Gasteiger partial charge is 0.417 e. The summed E-state index contributed by atoms with van der Waals surface area (Å²) in [7, 11) is 0. The van der Waals surface area contributed by atoms with Gasteiger partial charge in [-0.25, -0.2) is 0 Å². The van der Waals surface area contributed by atoms with Gasteiger partial charge in [0.2, 0.25) is 5.56 Å². The number of piperidine rings is 1. The van der Waals surface area contributed by atoms with Crippen molar-refractivity contribution in [1.82, 2.24) is 4.98 Å². The van der Waals surface area contributed by atoms with Crippen molar-refractivity contribution >= 4 is 16.6 Å². The first-order valence-electron chi connectivity index (χ1n) is 7.93. The highest BCUT2D eigenvalue weighted by Crippen LogP contribution is 2.36. The van der Waals surface area contributed by atoms with Crippen molar-refractivity contribution in [3.63, 3.8) is 0 Å². The van der Waals surface area contributed by atoms with E-state index in [0.717, 1.165) is 12.8 Å². The molecule has 1 aromatic carbocycles. The molecule has 2 aromatic rings. The third kappa shape index (κ3) is 3.00. The number of alkyl halides is 3. The number of nitrogens with zero attached hydrogens (tertiary/aromatic N) is 1. The van der Waals surface area contributed by atoms with Crippen molar-refractivity contribution in [3.05, 3.63) is 40.2 Å². The van der Waals surface area contributed by atoms with Crippen LogP contribution in [-0.2, 0) is 6.18 Å². The van der Waals surface area contributed by atoms with E-state index in [4.69, 9.17) is 0 Å². The molecule has 0 spiro atoms. The van der Waals surface area contributed by atoms with Crippen LogP contribution in [0.1, 0.15) is 25.3 Å². The van der Waals surface area contributed by atoms with Crippen molar-refractivity contribution in [3.8, 4) is 0 Å². The molecule has 0 amide bonds. The fraction of sp³-hybridized carbons (Fsp3) is 0.471. The van der Waals surface area contributed by atoms with Gasteiger partial charge in [0, 0.05) is 29.2 Å². The van der Waals surface area contributed by atoms with E-state index < -0.39 is 17.3 Å². The van der Waals surface area contributed by atoms with E-state index in [1.54, 1.807) is 6.07 Å². The predicted octanol–water partition coefficient (Wildman–Crippen LogP) is 3.14. The molecule has 1 aliphatic rings. The van der Waals surface area contributed by atoms with Crippen LogP contribution in [0.15, 0.2) is 29.1 Å². The molecule has 1 saturated heterocycles. The fourth-order valence-electron chi connectivity index (χ4n) is 3.50. The molecule has 1 aromatic heterocycles. The molecule has 2 unspecified atom stereocenters. The van der Waals surface area contributed by atoms with Crippen LogP contribution in [0.25, 0.3) is 10.9 Å². The van der Waals surface area contributed by atoms with Crippen LogP contribution in [0.5, 0.6) is 0 Å². The Bertz CT molecular complexity index is 801. The normalized spacial score (nSPS) is 22.1. The summed E-state index contributed by atoms with van der Waals surface area (Å²) in [5.41, 5.74) is -0.925. The highest BCUT2D eigenvalue weighted by Gasteiger charge is 2.34. The SMILES string of the molecule is CC1CCCN(c2ccc3[nH]c(=O)cc(C(F)(F)F)c3c2)C1CO. The lowest BCUT2D eigenvalue weighted by molar-refractivity contribution is -0.136. The molecule has 2 heterocycles. The number of fused-ring (bicyclic) bond motifs is 1. The molecule has 2 atom stereocenters. The summed E-state index contributed by atoms with van der Waals surface area (Å²) >= 11 is 0. The van der Waals surface area contributed by atoms with Gasteiger partial charge in [-0.1, -0.05) is 6.92 Å². The number of aliphatic hydroxyl groups is 1. The number of H-pyrrole nitrogens is 1. The van der Waals surface area contributed by atoms with Crippen LogP contribution in [0.2, 0.25) is 0 Å². The lowest BCUT2D eigenvalue weighted by Gasteiger charge is -2.40. The zero-order valence-electron chi connectivity index (χ0n) is 13.2. The molecular weight excluding hydrogens is 321 g/mol. The number of aromatic amines is 1. The van der Waals surface area contributed by atoms with Crippen LogP contribution in [-0.4, -0.2) is 29.3 Å². The van der Waals surface area contributed by atoms with Gasteiger partial charge in [-0.2, -0.15) is 13.2 Å². The average Bonchev–Trinajstić information content (AvgIpc) is 2.52. The molecule has 7 heteroatoms. The Hall–Kier alpha value is -2.02. The first-order chi connectivity index (χ1) is 11.3. The standard InChI is InChI=1S/C17H19F3N2O2/c1-10-3-2-6-22(15(10)9-23)11-4-5-14-12(7-11)13(17(18,19)20)8-16(24)21-14/h4-5,7-8,10,15,23H,2-3,6,9H2,1H3,(H,21,24). The second-order valence-electron chi connectivity index (χ2n) is 6.34. The number of benzene rings is 1. The highest BCUT2D eigenvalue weighted by atomic mass is 19.4. The molecule has 0 aliphatic carbocycles. The highest BCUT2D eigenvalue weighted by molar-refractivity contribution is 5.86. The molecule has 1 aliphatic heterocycles. The number of hydrogen-bond donors (Lipinski definition) is 2. The average molecular weight is 340 g/mol. The van der Waals surface area contributed by atoms with E-state index >= 15 is 0 Å². The lowest BCUT2D eigenvalue weighted by Crippen LogP contribution is -2.46. The second-order valence-corrected chi connectivity index (χ2v) is 6.34. The maximum absolute atomic E-state index is 13.3. The number of hydrogen-bond acceptors (Lipinski definition) is 3. The van der Waals surface area contributed by atoms with Crippen LogP contribution in [0.4, 0.5) is 18.9 Å². The minimum Gasteiger partial charge on any atom is -0.394 e. The van der Waals surface area contributed by atoms with Gasteiger partial charge in [0.25, 0.3) is 0 Å². The van der Waals surface area contributed by atoms with Crippen LogP contribution in [0, 0.1) is 5.92 Å². The second kappa shape index (κ2) is 6.12. The molecule has 2 N–H and O–H groups in total. The Morgan fingerprint density at radius 1 is 1.33 bits per heavy atom. The van der Waals surface area contributed by atoms with Crippen LogP contribution < -0.4 is 10.5 Å². The molecule has 4 nitrogen and oxygen atoms in total. The molecule has 3 rings (SSSR count). The maximum atomic E-state index is 13.3. The quantitative estimate of drug-likeness (QED) is 0.883. The Morgan fingerprint density at radius 3 is 2.75 bits per heavy atom. The summed E-state index contributed by atoms with van der Waals surface area (Å²) in [5.74, 6) is 0.261. The summed E-state index contributed by atoms with van der Waals surface area (Å²) in [6.45, 7) is 2.68. The van der Waals surface area contributed by atoms with E-state index in [9.17, 15) is 23.1 Å². The van der Waals surface area contributed by atoms with Crippen molar-refractivity contribution in [2.75, 3.05) is 18.1 Å². The number of rotatable bonds is 2. The summed E-state index contributed by atoms with van der Waals surface area (Å²) in [6, 6.07) is 5.12. The molecule has 0 saturated carbocycles. The van der Waals surface area contributed by atoms with Gasteiger partial charge < -0.3 is 15.0 Å². The third-order valence-electron chi connectivity index (χ3n) is 4.77. The minimum atomic E-state index is -4.60. The Morgan fingerprint density at radius 2 is 2.08 bits per heavy atom. The number of nitrogens with one attached hydrogen (secondary N) is 1. The minimum absolute atomic E-state index is 0.0329. The molecule has 0 bridgehead atoms. The van der Waals surface area contributed by atoms with Gasteiger partial charge in [0.05, 0.1) is 18.2 Å². The Kier molecular flexibility index (Phi) is 4.29. The molecule has 130 valence electrons. The van der Waals surface area contributed by atoms with Crippen LogP contribution in [0.3, 0.4) is 0 Å². The first-order valence-corrected chi connectivity index (χ1v) is 7.93. The van der Waals surface area contributed by atoms with E-state index in [1.165, 1.54) is 12.1 Å². The zero-order valence-corrected chi connectivity index (χ0v) is 13.2. The van der Waals surface area contributed by atoms with Crippen molar-refractivity contribution in [1.29, 1.82) is 0 Å². The summed E-state index contributed by atoms with van der Waals surface area (Å²) < 4.78 is 39.8. The molecule has 0 radical (unpaired) electrons. The predicted molar refractivity (Wildman–Crippen MR) is 86.2 cm³/mol. The lowest BCUT2D eigenvalue weighted by atomic mass is 9.90. The summed E-state index contributed by atoms with van der Waals surface area (Å²) in [5, 5.41) is 9.62. The van der Waals surface area contributed by atoms with Crippen LogP contribution >= 0.6 is 0 Å². The topological polar surface area (TPSA) is 56.3 Å². The number of halogens is 3. The van der Waals surface area contributed by atoms with Crippen molar-refractivity contribution in [2.45, 2.75) is 32.0 Å². The van der Waals surface area contributed by atoms with Crippen molar-refractivity contribution in [2.24, 2.45) is 5.92 Å². The molecule has 24 heavy (non-hydrogen) atoms. The fourth-order valence-corrected chi connectivity index (χ4v) is 3.50. The number of pyridine rings is 1. The van der Waals surface area contributed by atoms with Crippen molar-refractivity contribution < 1.29 is 18.3 Å². The van der Waals surface area contributed by atoms with Gasteiger partial charge in [-0.15, -0.1) is 0 Å². The van der Waals surface area contributed by atoms with Gasteiger partial charge in [0.1, 0.15) is 0 Å². The van der Waals surface area contributed by atoms with Gasteiger partial charge in [0.15, 0.2) is 0 Å². The zero-order chi connectivity index (χ0) is 17.5. The number of aliphatic hydroxyl groups excluding tert-OH is 1. The Balaban J connectivity index is 2.14. The van der Waals surface area contributed by atoms with E-state index in [0.29, 0.717) is 18.3 Å². The smallest absolute Gasteiger partial charge is 0.394 e. The van der Waals surface area contributed by atoms with E-state index in [2.05, 4.69) is 4.98 Å². The van der Waals surface area contributed by atoms with E-state index in [1.807, 2.05) is 11.8 Å². The number of anilines is 1. The summed E-state index contributed by atoms with van der Waals surface area (Å²) in [6.07, 6.45) is -2.69. The van der Waals surface area contributed by atoms with Gasteiger partial charge in [-0.3, -0.25) is 4.79 Å². The van der Waals surface area contributed by atoms with Gasteiger partial charge in [-0.05, 0) is 37.0 Å². The molecular formula is C17H19F3N2O2. The summed E-state index contributed by atoms with van der Waals surface area (Å²) in [4.78, 5) is 15.9.